The summed E-state index contributed by atoms with van der Waals surface area (Å²) in [4.78, 5) is 1.84. The zero-order valence-corrected chi connectivity index (χ0v) is 11.2. The van der Waals surface area contributed by atoms with E-state index < -0.39 is 18.1 Å². The monoisotopic (exact) mass is 296 g/mol. The summed E-state index contributed by atoms with van der Waals surface area (Å²) in [5, 5.41) is 13.1. The molecule has 1 aliphatic rings. The van der Waals surface area contributed by atoms with Gasteiger partial charge in [-0.3, -0.25) is 9.47 Å². The van der Waals surface area contributed by atoms with Crippen LogP contribution in [0.4, 0.5) is 13.2 Å². The standard InChI is InChI=1S/C10H15F3N4OS/c1-15-8(10(11,12)13)14-17(9(15)19)6-16-4-2-3-7(18)5-16/h7,18H,2-6H2,1H3/t7-/m1/s1. The fraction of sp³-hybridized carbons (Fsp3) is 0.800. The summed E-state index contributed by atoms with van der Waals surface area (Å²) in [5.41, 5.74) is 0. The maximum Gasteiger partial charge on any atom is 0.451 e. The van der Waals surface area contributed by atoms with Crippen LogP contribution in [0.2, 0.25) is 0 Å². The van der Waals surface area contributed by atoms with Gasteiger partial charge in [-0.1, -0.05) is 0 Å². The highest BCUT2D eigenvalue weighted by Gasteiger charge is 2.37. The van der Waals surface area contributed by atoms with Gasteiger partial charge in [0.05, 0.1) is 12.8 Å². The third-order valence-electron chi connectivity index (χ3n) is 3.11. The highest BCUT2D eigenvalue weighted by atomic mass is 32.1. The van der Waals surface area contributed by atoms with E-state index in [1.807, 2.05) is 4.90 Å². The van der Waals surface area contributed by atoms with E-state index in [1.54, 1.807) is 0 Å². The molecule has 0 aromatic carbocycles. The van der Waals surface area contributed by atoms with Crippen LogP contribution in [0.5, 0.6) is 0 Å². The second-order valence-corrected chi connectivity index (χ2v) is 5.04. The zero-order chi connectivity index (χ0) is 14.2. The average Bonchev–Trinajstić information content (AvgIpc) is 2.57. The Labute approximate surface area is 113 Å². The maximum absolute atomic E-state index is 12.7. The van der Waals surface area contributed by atoms with Crippen LogP contribution < -0.4 is 0 Å². The van der Waals surface area contributed by atoms with E-state index in [9.17, 15) is 18.3 Å². The highest BCUT2D eigenvalue weighted by Crippen LogP contribution is 2.27. The van der Waals surface area contributed by atoms with Crippen LogP contribution in [0, 0.1) is 4.77 Å². The molecule has 0 radical (unpaired) electrons. The predicted octanol–water partition coefficient (Wildman–Crippen LogP) is 1.38. The number of hydrogen-bond acceptors (Lipinski definition) is 4. The molecule has 1 N–H and O–H groups in total. The summed E-state index contributed by atoms with van der Waals surface area (Å²) in [6, 6.07) is 0. The number of aliphatic hydroxyl groups excluding tert-OH is 1. The quantitative estimate of drug-likeness (QED) is 0.838. The minimum atomic E-state index is -4.52. The van der Waals surface area contributed by atoms with Gasteiger partial charge in [0, 0.05) is 20.1 Å². The number of nitrogens with zero attached hydrogens (tertiary/aromatic N) is 4. The Morgan fingerprint density at radius 3 is 2.68 bits per heavy atom. The molecule has 108 valence electrons. The molecule has 19 heavy (non-hydrogen) atoms. The van der Waals surface area contributed by atoms with Crippen molar-refractivity contribution in [3.05, 3.63) is 10.6 Å². The van der Waals surface area contributed by atoms with Crippen LogP contribution in [-0.2, 0) is 19.9 Å². The van der Waals surface area contributed by atoms with Gasteiger partial charge in [0.2, 0.25) is 5.82 Å². The molecule has 0 saturated carbocycles. The lowest BCUT2D eigenvalue weighted by Crippen LogP contribution is -2.39. The van der Waals surface area contributed by atoms with E-state index in [0.29, 0.717) is 6.54 Å². The molecule has 0 aliphatic carbocycles. The minimum absolute atomic E-state index is 0.0207. The van der Waals surface area contributed by atoms with Crippen molar-refractivity contribution in [2.24, 2.45) is 7.05 Å². The van der Waals surface area contributed by atoms with E-state index in [4.69, 9.17) is 12.2 Å². The number of β-amino-alcohol motifs (C(OH)–C–C–N with tert-alkyl or cyclic N) is 1. The first-order valence-corrected chi connectivity index (χ1v) is 6.31. The van der Waals surface area contributed by atoms with Gasteiger partial charge in [-0.25, -0.2) is 4.68 Å². The molecule has 0 spiro atoms. The zero-order valence-electron chi connectivity index (χ0n) is 10.4. The van der Waals surface area contributed by atoms with Gasteiger partial charge in [0.25, 0.3) is 0 Å². The summed E-state index contributed by atoms with van der Waals surface area (Å²) >= 11 is 4.96. The van der Waals surface area contributed by atoms with Gasteiger partial charge >= 0.3 is 6.18 Å². The number of piperidine rings is 1. The van der Waals surface area contributed by atoms with Gasteiger partial charge in [0.1, 0.15) is 0 Å². The van der Waals surface area contributed by atoms with Gasteiger partial charge < -0.3 is 5.11 Å². The Morgan fingerprint density at radius 1 is 1.47 bits per heavy atom. The molecule has 1 saturated heterocycles. The largest absolute Gasteiger partial charge is 0.451 e. The molecule has 1 atom stereocenters. The SMILES string of the molecule is Cn1c(C(F)(F)F)nn(CN2CCC[C@@H](O)C2)c1=S. The fourth-order valence-corrected chi connectivity index (χ4v) is 2.36. The molecule has 0 amide bonds. The Hall–Kier alpha value is -0.930. The first kappa shape index (κ1) is 14.5. The molecule has 9 heteroatoms. The van der Waals surface area contributed by atoms with Crippen molar-refractivity contribution in [1.82, 2.24) is 19.2 Å². The van der Waals surface area contributed by atoms with Gasteiger partial charge in [-0.15, -0.1) is 5.10 Å². The van der Waals surface area contributed by atoms with E-state index in [2.05, 4.69) is 5.10 Å². The third-order valence-corrected chi connectivity index (χ3v) is 3.59. The number of rotatable bonds is 2. The van der Waals surface area contributed by atoms with Gasteiger partial charge in [-0.2, -0.15) is 13.2 Å². The Kier molecular flexibility index (Phi) is 3.98. The van der Waals surface area contributed by atoms with E-state index >= 15 is 0 Å². The molecule has 1 aliphatic heterocycles. The number of hydrogen-bond donors (Lipinski definition) is 1. The molecule has 5 nitrogen and oxygen atoms in total. The Balaban J connectivity index is 2.19. The number of halogens is 3. The summed E-state index contributed by atoms with van der Waals surface area (Å²) in [5.74, 6) is -1.00. The summed E-state index contributed by atoms with van der Waals surface area (Å²) in [6.07, 6.45) is -3.42. The van der Waals surface area contributed by atoms with E-state index in [0.717, 1.165) is 28.6 Å². The van der Waals surface area contributed by atoms with Crippen LogP contribution in [0.25, 0.3) is 0 Å². The Morgan fingerprint density at radius 2 is 2.16 bits per heavy atom. The fourth-order valence-electron chi connectivity index (χ4n) is 2.18. The van der Waals surface area contributed by atoms with Crippen molar-refractivity contribution in [2.45, 2.75) is 31.8 Å². The van der Waals surface area contributed by atoms with Crippen LogP contribution in [-0.4, -0.2) is 43.5 Å². The van der Waals surface area contributed by atoms with Crippen molar-refractivity contribution in [3.8, 4) is 0 Å². The van der Waals surface area contributed by atoms with Crippen LogP contribution in [0.3, 0.4) is 0 Å². The smallest absolute Gasteiger partial charge is 0.392 e. The summed E-state index contributed by atoms with van der Waals surface area (Å²) < 4.78 is 40.1. The average molecular weight is 296 g/mol. The maximum atomic E-state index is 12.7. The highest BCUT2D eigenvalue weighted by molar-refractivity contribution is 7.71. The lowest BCUT2D eigenvalue weighted by molar-refractivity contribution is -0.147. The first-order valence-electron chi connectivity index (χ1n) is 5.90. The molecule has 2 rings (SSSR count). The minimum Gasteiger partial charge on any atom is -0.392 e. The van der Waals surface area contributed by atoms with Gasteiger partial charge in [0.15, 0.2) is 4.77 Å². The molecule has 0 bridgehead atoms. The topological polar surface area (TPSA) is 46.2 Å². The molecular weight excluding hydrogens is 281 g/mol. The molecule has 1 aromatic rings. The van der Waals surface area contributed by atoms with Crippen LogP contribution in [0.1, 0.15) is 18.7 Å². The molecule has 1 aromatic heterocycles. The second-order valence-electron chi connectivity index (χ2n) is 4.68. The number of aliphatic hydroxyl groups is 1. The van der Waals surface area contributed by atoms with Crippen molar-refractivity contribution < 1.29 is 18.3 Å². The lowest BCUT2D eigenvalue weighted by Gasteiger charge is -2.29. The molecule has 0 unspecified atom stereocenters. The predicted molar refractivity (Wildman–Crippen MR) is 63.8 cm³/mol. The van der Waals surface area contributed by atoms with Crippen molar-refractivity contribution in [3.63, 3.8) is 0 Å². The molecule has 1 fully saturated rings. The normalized spacial score (nSPS) is 21.8. The van der Waals surface area contributed by atoms with Gasteiger partial charge in [-0.05, 0) is 25.1 Å². The Bertz CT molecular complexity index is 510. The van der Waals surface area contributed by atoms with Crippen LogP contribution in [0.15, 0.2) is 0 Å². The summed E-state index contributed by atoms with van der Waals surface area (Å²) in [6.45, 7) is 1.32. The first-order chi connectivity index (χ1) is 8.79. The van der Waals surface area contributed by atoms with E-state index in [-0.39, 0.29) is 11.4 Å². The van der Waals surface area contributed by atoms with Crippen molar-refractivity contribution >= 4 is 12.2 Å². The lowest BCUT2D eigenvalue weighted by atomic mass is 10.1. The van der Waals surface area contributed by atoms with Crippen LogP contribution >= 0.6 is 12.2 Å². The number of likely N-dealkylation sites (tertiary alicyclic amines) is 1. The summed E-state index contributed by atoms with van der Waals surface area (Å²) in [7, 11) is 1.25. The van der Waals surface area contributed by atoms with E-state index in [1.165, 1.54) is 7.05 Å². The van der Waals surface area contributed by atoms with Crippen molar-refractivity contribution in [2.75, 3.05) is 13.1 Å². The molecular formula is C10H15F3N4OS. The number of alkyl halides is 3. The van der Waals surface area contributed by atoms with Crippen molar-refractivity contribution in [1.29, 1.82) is 0 Å². The number of aromatic nitrogens is 3. The molecule has 2 heterocycles. The third kappa shape index (κ3) is 3.15. The second kappa shape index (κ2) is 5.22.